The van der Waals surface area contributed by atoms with Crippen molar-refractivity contribution in [2.45, 2.75) is 83.7 Å². The Morgan fingerprint density at radius 3 is 2.50 bits per heavy atom. The van der Waals surface area contributed by atoms with Gasteiger partial charge in [0.1, 0.15) is 0 Å². The highest BCUT2D eigenvalue weighted by Gasteiger charge is 2.36. The minimum Gasteiger partial charge on any atom is -0.311 e. The minimum atomic E-state index is 0.839. The highest BCUT2D eigenvalue weighted by atomic mass is 15.0. The molecule has 1 aliphatic heterocycles. The lowest BCUT2D eigenvalue weighted by atomic mass is 9.69. The number of nitrogens with one attached hydrogen (secondary N) is 1. The van der Waals surface area contributed by atoms with E-state index >= 15 is 0 Å². The molecule has 2 fully saturated rings. The van der Waals surface area contributed by atoms with Crippen LogP contribution >= 0.6 is 0 Å². The van der Waals surface area contributed by atoms with E-state index < -0.39 is 0 Å². The van der Waals surface area contributed by atoms with Crippen LogP contribution < -0.4 is 5.32 Å². The van der Waals surface area contributed by atoms with Crippen molar-refractivity contribution < 1.29 is 0 Å². The van der Waals surface area contributed by atoms with Gasteiger partial charge in [0, 0.05) is 12.1 Å². The van der Waals surface area contributed by atoms with Gasteiger partial charge in [-0.2, -0.15) is 0 Å². The maximum absolute atomic E-state index is 3.94. The van der Waals surface area contributed by atoms with E-state index in [-0.39, 0.29) is 0 Å². The normalized spacial score (nSPS) is 39.4. The van der Waals surface area contributed by atoms with Crippen LogP contribution in [0.5, 0.6) is 0 Å². The van der Waals surface area contributed by atoms with Crippen molar-refractivity contribution in [3.8, 4) is 0 Å². The van der Waals surface area contributed by atoms with Crippen LogP contribution in [-0.4, -0.2) is 12.1 Å². The van der Waals surface area contributed by atoms with Gasteiger partial charge >= 0.3 is 0 Å². The van der Waals surface area contributed by atoms with Crippen molar-refractivity contribution in [1.82, 2.24) is 5.32 Å². The van der Waals surface area contributed by atoms with Gasteiger partial charge in [0.15, 0.2) is 0 Å². The molecule has 16 heavy (non-hydrogen) atoms. The van der Waals surface area contributed by atoms with Crippen molar-refractivity contribution in [1.29, 1.82) is 0 Å². The molecular formula is C15H29N. The lowest BCUT2D eigenvalue weighted by Gasteiger charge is -2.45. The largest absolute Gasteiger partial charge is 0.311 e. The molecule has 0 radical (unpaired) electrons. The Kier molecular flexibility index (Phi) is 4.69. The molecule has 0 bridgehead atoms. The van der Waals surface area contributed by atoms with Crippen molar-refractivity contribution >= 4 is 0 Å². The molecule has 1 saturated heterocycles. The predicted octanol–water partition coefficient (Wildman–Crippen LogP) is 4.12. The first-order chi connectivity index (χ1) is 7.85. The van der Waals surface area contributed by atoms with Crippen LogP contribution in [0.4, 0.5) is 0 Å². The Hall–Kier alpha value is -0.0400. The SMILES string of the molecule is CCC[C@H]1CC[C@H]2[C@H](CCC)CCC[C@H]2N1. The van der Waals surface area contributed by atoms with E-state index in [9.17, 15) is 0 Å². The molecule has 94 valence electrons. The molecule has 1 nitrogen and oxygen atoms in total. The van der Waals surface area contributed by atoms with Crippen LogP contribution in [0, 0.1) is 11.8 Å². The molecule has 0 aromatic heterocycles. The van der Waals surface area contributed by atoms with Crippen LogP contribution in [-0.2, 0) is 0 Å². The average molecular weight is 223 g/mol. The second-order valence-corrected chi connectivity index (χ2v) is 5.98. The topological polar surface area (TPSA) is 12.0 Å². The molecule has 1 heteroatoms. The molecule has 1 saturated carbocycles. The molecule has 2 rings (SSSR count). The molecule has 1 heterocycles. The summed E-state index contributed by atoms with van der Waals surface area (Å²) >= 11 is 0. The molecule has 0 aromatic carbocycles. The Morgan fingerprint density at radius 1 is 0.938 bits per heavy atom. The Balaban J connectivity index is 1.89. The number of hydrogen-bond acceptors (Lipinski definition) is 1. The predicted molar refractivity (Wildman–Crippen MR) is 70.6 cm³/mol. The lowest BCUT2D eigenvalue weighted by molar-refractivity contribution is 0.106. The molecule has 0 unspecified atom stereocenters. The number of rotatable bonds is 4. The second-order valence-electron chi connectivity index (χ2n) is 5.98. The van der Waals surface area contributed by atoms with Gasteiger partial charge in [-0.3, -0.25) is 0 Å². The van der Waals surface area contributed by atoms with Crippen LogP contribution in [0.2, 0.25) is 0 Å². The molecule has 0 aromatic rings. The first-order valence-corrected chi connectivity index (χ1v) is 7.61. The first-order valence-electron chi connectivity index (χ1n) is 7.61. The molecule has 1 N–H and O–H groups in total. The quantitative estimate of drug-likeness (QED) is 0.756. The van der Waals surface area contributed by atoms with Gasteiger partial charge in [0.25, 0.3) is 0 Å². The number of hydrogen-bond donors (Lipinski definition) is 1. The molecule has 0 spiro atoms. The van der Waals surface area contributed by atoms with E-state index in [1.54, 1.807) is 0 Å². The van der Waals surface area contributed by atoms with Crippen LogP contribution in [0.3, 0.4) is 0 Å². The molecular weight excluding hydrogens is 194 g/mol. The highest BCUT2D eigenvalue weighted by Crippen LogP contribution is 2.39. The van der Waals surface area contributed by atoms with Gasteiger partial charge in [0.05, 0.1) is 0 Å². The Labute approximate surface area is 101 Å². The highest BCUT2D eigenvalue weighted by molar-refractivity contribution is 4.92. The van der Waals surface area contributed by atoms with Crippen LogP contribution in [0.15, 0.2) is 0 Å². The smallest absolute Gasteiger partial charge is 0.0101 e. The van der Waals surface area contributed by atoms with Gasteiger partial charge < -0.3 is 5.32 Å². The standard InChI is InChI=1S/C15H29N/c1-3-6-12-8-5-9-15-14(12)11-10-13(16-15)7-4-2/h12-16H,3-11H2,1-2H3/t12-,13+,14+,15-/m1/s1. The Bertz CT molecular complexity index is 200. The molecule has 2 aliphatic rings. The fourth-order valence-electron chi connectivity index (χ4n) is 4.09. The first kappa shape index (κ1) is 12.4. The minimum absolute atomic E-state index is 0.839. The summed E-state index contributed by atoms with van der Waals surface area (Å²) in [6.45, 7) is 4.66. The summed E-state index contributed by atoms with van der Waals surface area (Å²) in [6, 6.07) is 1.71. The summed E-state index contributed by atoms with van der Waals surface area (Å²) in [4.78, 5) is 0. The fraction of sp³-hybridized carbons (Fsp3) is 1.00. The van der Waals surface area contributed by atoms with Gasteiger partial charge in [-0.15, -0.1) is 0 Å². The van der Waals surface area contributed by atoms with E-state index in [4.69, 9.17) is 0 Å². The fourth-order valence-corrected chi connectivity index (χ4v) is 4.09. The molecule has 0 amide bonds. The van der Waals surface area contributed by atoms with Crippen LogP contribution in [0.25, 0.3) is 0 Å². The van der Waals surface area contributed by atoms with Crippen molar-refractivity contribution in [3.63, 3.8) is 0 Å². The van der Waals surface area contributed by atoms with E-state index in [0.717, 1.165) is 23.9 Å². The summed E-state index contributed by atoms with van der Waals surface area (Å²) in [7, 11) is 0. The monoisotopic (exact) mass is 223 g/mol. The lowest BCUT2D eigenvalue weighted by Crippen LogP contribution is -2.51. The maximum atomic E-state index is 3.94. The second kappa shape index (κ2) is 6.05. The van der Waals surface area contributed by atoms with Crippen LogP contribution in [0.1, 0.15) is 71.6 Å². The average Bonchev–Trinajstić information content (AvgIpc) is 2.30. The van der Waals surface area contributed by atoms with Gasteiger partial charge in [0.2, 0.25) is 0 Å². The third-order valence-corrected chi connectivity index (χ3v) is 4.81. The summed E-state index contributed by atoms with van der Waals surface area (Å²) in [5.41, 5.74) is 0. The van der Waals surface area contributed by atoms with E-state index in [2.05, 4.69) is 19.2 Å². The summed E-state index contributed by atoms with van der Waals surface area (Å²) in [5, 5.41) is 3.94. The van der Waals surface area contributed by atoms with Gasteiger partial charge in [-0.1, -0.05) is 46.0 Å². The zero-order valence-corrected chi connectivity index (χ0v) is 11.2. The zero-order chi connectivity index (χ0) is 11.4. The Morgan fingerprint density at radius 2 is 1.75 bits per heavy atom. The molecule has 4 atom stereocenters. The summed E-state index contributed by atoms with van der Waals surface area (Å²) in [6.07, 6.45) is 13.0. The van der Waals surface area contributed by atoms with E-state index in [1.807, 2.05) is 0 Å². The third kappa shape index (κ3) is 2.80. The summed E-state index contributed by atoms with van der Waals surface area (Å²) in [5.74, 6) is 2.06. The van der Waals surface area contributed by atoms with E-state index in [0.29, 0.717) is 0 Å². The summed E-state index contributed by atoms with van der Waals surface area (Å²) < 4.78 is 0. The van der Waals surface area contributed by atoms with Gasteiger partial charge in [-0.25, -0.2) is 0 Å². The van der Waals surface area contributed by atoms with Crippen molar-refractivity contribution in [3.05, 3.63) is 0 Å². The van der Waals surface area contributed by atoms with Crippen molar-refractivity contribution in [2.75, 3.05) is 0 Å². The third-order valence-electron chi connectivity index (χ3n) is 4.81. The van der Waals surface area contributed by atoms with Gasteiger partial charge in [-0.05, 0) is 37.5 Å². The number of piperidine rings is 1. The number of fused-ring (bicyclic) bond motifs is 1. The zero-order valence-electron chi connectivity index (χ0n) is 11.2. The van der Waals surface area contributed by atoms with Crippen molar-refractivity contribution in [2.24, 2.45) is 11.8 Å². The van der Waals surface area contributed by atoms with E-state index in [1.165, 1.54) is 57.8 Å². The molecule has 1 aliphatic carbocycles. The maximum Gasteiger partial charge on any atom is 0.0101 e.